The van der Waals surface area contributed by atoms with Crippen LogP contribution in [0.15, 0.2) is 140 Å². The summed E-state index contributed by atoms with van der Waals surface area (Å²) in [6, 6.07) is 52.6. The summed E-state index contributed by atoms with van der Waals surface area (Å²) in [5, 5.41) is 5.71. The van der Waals surface area contributed by atoms with E-state index in [1.54, 1.807) is 0 Å². The first kappa shape index (κ1) is 23.1. The molecule has 1 spiro atoms. The Labute approximate surface area is 241 Å². The molecule has 9 rings (SSSR count). The molecular weight excluding hydrogens is 511 g/mol. The van der Waals surface area contributed by atoms with Crippen molar-refractivity contribution in [1.29, 1.82) is 0 Å². The molecule has 0 saturated heterocycles. The summed E-state index contributed by atoms with van der Waals surface area (Å²) >= 11 is 0. The molecule has 194 valence electrons. The first-order valence-corrected chi connectivity index (χ1v) is 17.5. The van der Waals surface area contributed by atoms with Crippen molar-refractivity contribution in [3.05, 3.63) is 162 Å². The maximum atomic E-state index is 2.53. The van der Waals surface area contributed by atoms with Gasteiger partial charge in [0.15, 0.2) is 0 Å². The lowest BCUT2D eigenvalue weighted by Gasteiger charge is -2.49. The Kier molecular flexibility index (Phi) is 4.48. The lowest BCUT2D eigenvalue weighted by Crippen LogP contribution is -2.63. The largest absolute Gasteiger partial charge is 0.309 e. The van der Waals surface area contributed by atoms with Gasteiger partial charge in [-0.25, -0.2) is 0 Å². The number of hydrogen-bond donors (Lipinski definition) is 0. The summed E-state index contributed by atoms with van der Waals surface area (Å²) in [5.74, 6) is 0. The second-order valence-electron chi connectivity index (χ2n) is 12.1. The number of aromatic nitrogens is 1. The van der Waals surface area contributed by atoms with Gasteiger partial charge in [0.1, 0.15) is 8.07 Å². The fourth-order valence-electron chi connectivity index (χ4n) is 8.14. The van der Waals surface area contributed by atoms with Gasteiger partial charge in [0.2, 0.25) is 0 Å². The molecule has 0 aliphatic carbocycles. The fraction of sp³-hybridized carbons (Fsp3) is 0.0769. The zero-order chi connectivity index (χ0) is 27.3. The number of hydrogen-bond acceptors (Lipinski definition) is 0. The van der Waals surface area contributed by atoms with Crippen LogP contribution < -0.4 is 10.4 Å². The van der Waals surface area contributed by atoms with Crippen LogP contribution in [0, 0.1) is 0 Å². The summed E-state index contributed by atoms with van der Waals surface area (Å²) in [7, 11) is -2.00. The van der Waals surface area contributed by atoms with Crippen molar-refractivity contribution in [2.45, 2.75) is 18.5 Å². The van der Waals surface area contributed by atoms with E-state index in [4.69, 9.17) is 0 Å². The zero-order valence-corrected chi connectivity index (χ0v) is 24.2. The highest BCUT2D eigenvalue weighted by atomic mass is 28.3. The van der Waals surface area contributed by atoms with E-state index >= 15 is 0 Å². The molecule has 0 amide bonds. The van der Waals surface area contributed by atoms with Gasteiger partial charge in [-0.2, -0.15) is 0 Å². The van der Waals surface area contributed by atoms with Crippen molar-refractivity contribution in [3.63, 3.8) is 0 Å². The lowest BCUT2D eigenvalue weighted by atomic mass is 9.62. The molecule has 3 heterocycles. The number of nitrogens with zero attached hydrogens (tertiary/aromatic N) is 1. The predicted molar refractivity (Wildman–Crippen MR) is 175 cm³/mol. The summed E-state index contributed by atoms with van der Waals surface area (Å²) < 4.78 is 2.53. The van der Waals surface area contributed by atoms with Crippen LogP contribution in [-0.4, -0.2) is 12.6 Å². The Morgan fingerprint density at radius 1 is 0.488 bits per heavy atom. The maximum absolute atomic E-state index is 2.53. The molecule has 2 aliphatic heterocycles. The maximum Gasteiger partial charge on any atom is 0.113 e. The van der Waals surface area contributed by atoms with E-state index in [2.05, 4.69) is 157 Å². The van der Waals surface area contributed by atoms with Crippen molar-refractivity contribution in [3.8, 4) is 16.8 Å². The quantitative estimate of drug-likeness (QED) is 0.185. The summed E-state index contributed by atoms with van der Waals surface area (Å²) in [6.45, 7) is 5.07. The zero-order valence-electron chi connectivity index (χ0n) is 23.2. The SMILES string of the molecule is C[Si]1(C)c2ccccc2C2(c3ccccc3-n3c4ccccc4c4cccc2c43)c2cc(-c3ccccc3)ccc21. The Balaban J connectivity index is 1.54. The highest BCUT2D eigenvalue weighted by molar-refractivity contribution is 7.01. The monoisotopic (exact) mass is 539 g/mol. The van der Waals surface area contributed by atoms with E-state index in [9.17, 15) is 0 Å². The summed E-state index contributed by atoms with van der Waals surface area (Å²) in [4.78, 5) is 0. The Bertz CT molecular complexity index is 2190. The third kappa shape index (κ3) is 2.76. The minimum Gasteiger partial charge on any atom is -0.309 e. The van der Waals surface area contributed by atoms with Gasteiger partial charge in [-0.1, -0.05) is 134 Å². The van der Waals surface area contributed by atoms with Crippen molar-refractivity contribution < 1.29 is 0 Å². The Morgan fingerprint density at radius 3 is 2.02 bits per heavy atom. The molecule has 6 aromatic carbocycles. The summed E-state index contributed by atoms with van der Waals surface area (Å²) in [6.07, 6.45) is 0. The van der Waals surface area contributed by atoms with E-state index < -0.39 is 13.5 Å². The van der Waals surface area contributed by atoms with Crippen LogP contribution in [0.4, 0.5) is 0 Å². The normalized spacial score (nSPS) is 17.8. The average molecular weight is 540 g/mol. The topological polar surface area (TPSA) is 4.93 Å². The van der Waals surface area contributed by atoms with E-state index in [1.165, 1.54) is 71.2 Å². The van der Waals surface area contributed by atoms with E-state index in [0.29, 0.717) is 0 Å². The third-order valence-corrected chi connectivity index (χ3v) is 13.4. The molecule has 0 saturated carbocycles. The van der Waals surface area contributed by atoms with Crippen LogP contribution in [0.2, 0.25) is 13.1 Å². The Hall–Kier alpha value is -4.66. The molecule has 1 aromatic heterocycles. The third-order valence-electron chi connectivity index (χ3n) is 9.86. The van der Waals surface area contributed by atoms with Crippen molar-refractivity contribution in [1.82, 2.24) is 4.57 Å². The highest BCUT2D eigenvalue weighted by Crippen LogP contribution is 2.55. The Morgan fingerprint density at radius 2 is 1.15 bits per heavy atom. The second-order valence-corrected chi connectivity index (χ2v) is 16.4. The number of benzene rings is 6. The molecule has 0 radical (unpaired) electrons. The van der Waals surface area contributed by atoms with Crippen molar-refractivity contribution >= 4 is 40.3 Å². The summed E-state index contributed by atoms with van der Waals surface area (Å²) in [5.41, 5.74) is 11.7. The second kappa shape index (κ2) is 7.96. The van der Waals surface area contributed by atoms with Crippen LogP contribution in [0.25, 0.3) is 38.6 Å². The van der Waals surface area contributed by atoms with Gasteiger partial charge in [-0.15, -0.1) is 0 Å². The molecular formula is C39H29NSi. The van der Waals surface area contributed by atoms with E-state index in [0.717, 1.165) is 0 Å². The molecule has 0 bridgehead atoms. The van der Waals surface area contributed by atoms with Crippen LogP contribution in [-0.2, 0) is 5.41 Å². The first-order valence-electron chi connectivity index (χ1n) is 14.5. The fourth-order valence-corrected chi connectivity index (χ4v) is 11.3. The number of fused-ring (bicyclic) bond motifs is 11. The first-order chi connectivity index (χ1) is 20.1. The van der Waals surface area contributed by atoms with Gasteiger partial charge < -0.3 is 4.57 Å². The molecule has 41 heavy (non-hydrogen) atoms. The predicted octanol–water partition coefficient (Wildman–Crippen LogP) is 8.28. The van der Waals surface area contributed by atoms with Gasteiger partial charge in [0, 0.05) is 10.8 Å². The molecule has 0 N–H and O–H groups in total. The standard InChI is InChI=1S/C39H29NSi/c1-41(2)36-22-11-8-18-31(36)39(33-25-27(23-24-37(33)41)26-13-4-3-5-14-26)30-17-7-10-21-35(30)40-34-20-9-6-15-28(34)29-16-12-19-32(39)38(29)40/h3-25H,1-2H3. The van der Waals surface area contributed by atoms with Crippen molar-refractivity contribution in [2.75, 3.05) is 0 Å². The molecule has 1 nitrogen and oxygen atoms in total. The molecule has 2 heteroatoms. The van der Waals surface area contributed by atoms with Gasteiger partial charge in [-0.05, 0) is 62.0 Å². The number of para-hydroxylation sites is 3. The van der Waals surface area contributed by atoms with E-state index in [-0.39, 0.29) is 0 Å². The lowest BCUT2D eigenvalue weighted by molar-refractivity contribution is 0.732. The molecule has 7 aromatic rings. The van der Waals surface area contributed by atoms with Gasteiger partial charge in [0.25, 0.3) is 0 Å². The molecule has 0 fully saturated rings. The highest BCUT2D eigenvalue weighted by Gasteiger charge is 2.53. The number of rotatable bonds is 1. The van der Waals surface area contributed by atoms with E-state index in [1.807, 2.05) is 0 Å². The van der Waals surface area contributed by atoms with Crippen LogP contribution in [0.3, 0.4) is 0 Å². The van der Waals surface area contributed by atoms with Gasteiger partial charge >= 0.3 is 0 Å². The van der Waals surface area contributed by atoms with Gasteiger partial charge in [-0.3, -0.25) is 0 Å². The van der Waals surface area contributed by atoms with Gasteiger partial charge in [0.05, 0.1) is 22.1 Å². The minimum absolute atomic E-state index is 0.417. The minimum atomic E-state index is -2.00. The van der Waals surface area contributed by atoms with Crippen LogP contribution in [0.1, 0.15) is 22.3 Å². The average Bonchev–Trinajstić information content (AvgIpc) is 3.37. The van der Waals surface area contributed by atoms with Crippen LogP contribution in [0.5, 0.6) is 0 Å². The van der Waals surface area contributed by atoms with Crippen LogP contribution >= 0.6 is 0 Å². The van der Waals surface area contributed by atoms with Crippen molar-refractivity contribution in [2.24, 2.45) is 0 Å². The molecule has 1 atom stereocenters. The smallest absolute Gasteiger partial charge is 0.113 e. The molecule has 1 unspecified atom stereocenters. The molecule has 2 aliphatic rings.